The molecule has 0 saturated carbocycles. The minimum atomic E-state index is -0.217. The number of carbonyl (C=O) groups is 1. The Balaban J connectivity index is 1.95. The van der Waals surface area contributed by atoms with Crippen molar-refractivity contribution < 1.29 is 9.53 Å². The molecule has 0 spiro atoms. The van der Waals surface area contributed by atoms with Gasteiger partial charge < -0.3 is 4.74 Å². The average molecular weight is 197 g/mol. The Labute approximate surface area is 85.6 Å². The lowest BCUT2D eigenvalue weighted by Crippen LogP contribution is -2.14. The molecule has 1 heterocycles. The third kappa shape index (κ3) is 3.48. The van der Waals surface area contributed by atoms with Gasteiger partial charge in [0, 0.05) is 5.71 Å². The van der Waals surface area contributed by atoms with E-state index in [0.717, 1.165) is 18.6 Å². The number of hydrogen-bond donors (Lipinski definition) is 0. The lowest BCUT2D eigenvalue weighted by atomic mass is 10.1. The third-order valence-corrected chi connectivity index (χ3v) is 2.50. The second-order valence-electron chi connectivity index (χ2n) is 3.71. The van der Waals surface area contributed by atoms with Crippen molar-refractivity contribution in [3.05, 3.63) is 0 Å². The first-order valence-electron chi connectivity index (χ1n) is 5.44. The molecule has 1 atom stereocenters. The summed E-state index contributed by atoms with van der Waals surface area (Å²) in [5.41, 5.74) is 1.04. The quantitative estimate of drug-likeness (QED) is 0.464. The van der Waals surface area contributed by atoms with Crippen molar-refractivity contribution in [1.29, 1.82) is 0 Å². The van der Waals surface area contributed by atoms with Crippen molar-refractivity contribution in [2.24, 2.45) is 4.99 Å². The fourth-order valence-corrected chi connectivity index (χ4v) is 1.54. The Morgan fingerprint density at radius 2 is 2.07 bits per heavy atom. The van der Waals surface area contributed by atoms with E-state index in [-0.39, 0.29) is 12.0 Å². The maximum Gasteiger partial charge on any atom is 0.336 e. The van der Waals surface area contributed by atoms with E-state index in [1.807, 2.05) is 0 Å². The zero-order chi connectivity index (χ0) is 10.4. The predicted molar refractivity (Wildman–Crippen MR) is 56.6 cm³/mol. The van der Waals surface area contributed by atoms with E-state index >= 15 is 0 Å². The van der Waals surface area contributed by atoms with Gasteiger partial charge in [0.1, 0.15) is 0 Å². The van der Waals surface area contributed by atoms with Crippen LogP contribution in [0.4, 0.5) is 0 Å². The third-order valence-electron chi connectivity index (χ3n) is 2.50. The summed E-state index contributed by atoms with van der Waals surface area (Å²) in [5.74, 6) is -0.200. The summed E-state index contributed by atoms with van der Waals surface area (Å²) < 4.78 is 4.60. The van der Waals surface area contributed by atoms with Crippen LogP contribution in [0.3, 0.4) is 0 Å². The summed E-state index contributed by atoms with van der Waals surface area (Å²) in [6, 6.07) is -0.217. The van der Waals surface area contributed by atoms with E-state index in [4.69, 9.17) is 0 Å². The van der Waals surface area contributed by atoms with E-state index in [9.17, 15) is 4.79 Å². The zero-order valence-electron chi connectivity index (χ0n) is 9.08. The van der Waals surface area contributed by atoms with Gasteiger partial charge in [0.25, 0.3) is 0 Å². The fraction of sp³-hybridized carbons (Fsp3) is 0.818. The molecule has 3 heteroatoms. The van der Waals surface area contributed by atoms with Gasteiger partial charge in [0.15, 0.2) is 6.04 Å². The molecular formula is C11H19NO2. The van der Waals surface area contributed by atoms with Crippen LogP contribution >= 0.6 is 0 Å². The molecule has 0 aromatic carbocycles. The van der Waals surface area contributed by atoms with E-state index in [1.165, 1.54) is 32.8 Å². The number of hydrogen-bond acceptors (Lipinski definition) is 3. The molecule has 0 bridgehead atoms. The molecule has 1 aliphatic rings. The van der Waals surface area contributed by atoms with E-state index < -0.39 is 0 Å². The summed E-state index contributed by atoms with van der Waals surface area (Å²) in [6.45, 7) is 2.21. The highest BCUT2D eigenvalue weighted by molar-refractivity contribution is 6.16. The topological polar surface area (TPSA) is 38.7 Å². The van der Waals surface area contributed by atoms with E-state index in [0.29, 0.717) is 0 Å². The molecule has 0 amide bonds. The number of rotatable bonds is 7. The van der Waals surface area contributed by atoms with Gasteiger partial charge in [-0.25, -0.2) is 4.79 Å². The minimum absolute atomic E-state index is 0.200. The van der Waals surface area contributed by atoms with Crippen molar-refractivity contribution in [3.63, 3.8) is 0 Å². The number of esters is 1. The van der Waals surface area contributed by atoms with Crippen molar-refractivity contribution in [3.8, 4) is 0 Å². The molecule has 0 radical (unpaired) electrons. The first-order valence-corrected chi connectivity index (χ1v) is 5.44. The number of unbranched alkanes of at least 4 members (excludes halogenated alkanes) is 4. The van der Waals surface area contributed by atoms with Crippen molar-refractivity contribution >= 4 is 11.7 Å². The van der Waals surface area contributed by atoms with Crippen LogP contribution in [0.2, 0.25) is 0 Å². The summed E-state index contributed by atoms with van der Waals surface area (Å²) in [6.07, 6.45) is 7.27. The van der Waals surface area contributed by atoms with Crippen molar-refractivity contribution in [2.45, 2.75) is 51.5 Å². The van der Waals surface area contributed by atoms with Crippen LogP contribution in [-0.4, -0.2) is 24.8 Å². The SMILES string of the molecule is CCCCCCCC1=N[C@@H]1C(=O)OC. The smallest absolute Gasteiger partial charge is 0.336 e. The molecule has 1 aliphatic heterocycles. The number of carbonyl (C=O) groups excluding carboxylic acids is 1. The Morgan fingerprint density at radius 3 is 2.71 bits per heavy atom. The molecular weight excluding hydrogens is 178 g/mol. The van der Waals surface area contributed by atoms with Crippen LogP contribution in [0, 0.1) is 0 Å². The molecule has 0 unspecified atom stereocenters. The maximum absolute atomic E-state index is 11.0. The Hall–Kier alpha value is -0.860. The predicted octanol–water partition coefficient (Wildman–Crippen LogP) is 2.34. The molecule has 80 valence electrons. The molecule has 0 aliphatic carbocycles. The molecule has 0 aromatic rings. The first kappa shape index (κ1) is 11.2. The van der Waals surface area contributed by atoms with Crippen molar-refractivity contribution in [1.82, 2.24) is 0 Å². The first-order chi connectivity index (χ1) is 6.79. The van der Waals surface area contributed by atoms with Crippen LogP contribution in [0.15, 0.2) is 4.99 Å². The van der Waals surface area contributed by atoms with Gasteiger partial charge in [-0.1, -0.05) is 32.6 Å². The van der Waals surface area contributed by atoms with Gasteiger partial charge in [-0.2, -0.15) is 0 Å². The van der Waals surface area contributed by atoms with Gasteiger partial charge in [0.05, 0.1) is 7.11 Å². The van der Waals surface area contributed by atoms with Crippen LogP contribution in [0.1, 0.15) is 45.4 Å². The lowest BCUT2D eigenvalue weighted by Gasteiger charge is -1.97. The molecule has 14 heavy (non-hydrogen) atoms. The summed E-state index contributed by atoms with van der Waals surface area (Å²) in [4.78, 5) is 15.1. The second kappa shape index (κ2) is 5.78. The fourth-order valence-electron chi connectivity index (χ4n) is 1.54. The minimum Gasteiger partial charge on any atom is -0.467 e. The molecule has 0 fully saturated rings. The summed E-state index contributed by atoms with van der Waals surface area (Å²) in [5, 5.41) is 0. The number of aliphatic imine (C=N–C) groups is 1. The van der Waals surface area contributed by atoms with Gasteiger partial charge in [-0.05, 0) is 12.8 Å². The summed E-state index contributed by atoms with van der Waals surface area (Å²) in [7, 11) is 1.41. The monoisotopic (exact) mass is 197 g/mol. The van der Waals surface area contributed by atoms with Crippen LogP contribution in [0.5, 0.6) is 0 Å². The standard InChI is InChI=1S/C11H19NO2/c1-3-4-5-6-7-8-9-10(12-9)11(13)14-2/h10H,3-8H2,1-2H3/t10-/m0/s1. The summed E-state index contributed by atoms with van der Waals surface area (Å²) >= 11 is 0. The Kier molecular flexibility index (Phi) is 4.63. The molecule has 3 nitrogen and oxygen atoms in total. The molecule has 0 saturated heterocycles. The van der Waals surface area contributed by atoms with Gasteiger partial charge in [-0.3, -0.25) is 4.99 Å². The van der Waals surface area contributed by atoms with Gasteiger partial charge in [-0.15, -0.1) is 0 Å². The van der Waals surface area contributed by atoms with Crippen LogP contribution in [0.25, 0.3) is 0 Å². The molecule has 1 rings (SSSR count). The number of ether oxygens (including phenoxy) is 1. The maximum atomic E-state index is 11.0. The molecule has 0 N–H and O–H groups in total. The van der Waals surface area contributed by atoms with Gasteiger partial charge >= 0.3 is 5.97 Å². The lowest BCUT2D eigenvalue weighted by molar-refractivity contribution is -0.139. The van der Waals surface area contributed by atoms with Crippen molar-refractivity contribution in [2.75, 3.05) is 7.11 Å². The van der Waals surface area contributed by atoms with Crippen LogP contribution < -0.4 is 0 Å². The zero-order valence-corrected chi connectivity index (χ0v) is 9.08. The number of nitrogens with zero attached hydrogens (tertiary/aromatic N) is 1. The van der Waals surface area contributed by atoms with Gasteiger partial charge in [0.2, 0.25) is 0 Å². The highest BCUT2D eigenvalue weighted by Crippen LogP contribution is 2.19. The Bertz CT molecular complexity index is 223. The molecule has 0 aromatic heterocycles. The normalized spacial score (nSPS) is 19.0. The highest BCUT2D eigenvalue weighted by atomic mass is 16.5. The van der Waals surface area contributed by atoms with E-state index in [2.05, 4.69) is 16.7 Å². The Morgan fingerprint density at radius 1 is 1.36 bits per heavy atom. The average Bonchev–Trinajstić information content (AvgIpc) is 2.96. The number of methoxy groups -OCH3 is 1. The van der Waals surface area contributed by atoms with E-state index in [1.54, 1.807) is 0 Å². The largest absolute Gasteiger partial charge is 0.467 e. The van der Waals surface area contributed by atoms with Crippen LogP contribution in [-0.2, 0) is 9.53 Å². The highest BCUT2D eigenvalue weighted by Gasteiger charge is 2.34. The second-order valence-corrected chi connectivity index (χ2v) is 3.71.